The Balaban J connectivity index is 1.94. The number of rotatable bonds is 4. The first-order valence-electron chi connectivity index (χ1n) is 8.34. The van der Waals surface area contributed by atoms with Crippen molar-refractivity contribution in [2.75, 3.05) is 7.05 Å². The minimum Gasteiger partial charge on any atom is -0.311 e. The first-order chi connectivity index (χ1) is 10.3. The highest BCUT2D eigenvalue weighted by molar-refractivity contribution is 5.84. The maximum Gasteiger partial charge on any atom is 0.0654 e. The molecule has 2 nitrogen and oxygen atoms in total. The van der Waals surface area contributed by atoms with Crippen LogP contribution in [0, 0.1) is 11.8 Å². The zero-order valence-corrected chi connectivity index (χ0v) is 13.2. The van der Waals surface area contributed by atoms with Gasteiger partial charge in [0.2, 0.25) is 0 Å². The molecule has 0 bridgehead atoms. The SMILES string of the molecule is CCC1CCCC(C(NC)c2nccc3ccccc23)C1. The first kappa shape index (κ1) is 14.5. The second-order valence-electron chi connectivity index (χ2n) is 6.38. The van der Waals surface area contributed by atoms with Gasteiger partial charge in [0, 0.05) is 11.6 Å². The van der Waals surface area contributed by atoms with E-state index in [2.05, 4.69) is 49.6 Å². The number of nitrogens with zero attached hydrogens (tertiary/aromatic N) is 1. The highest BCUT2D eigenvalue weighted by Gasteiger charge is 2.29. The number of fused-ring (bicyclic) bond motifs is 1. The number of nitrogens with one attached hydrogen (secondary N) is 1. The van der Waals surface area contributed by atoms with Gasteiger partial charge >= 0.3 is 0 Å². The fourth-order valence-corrected chi connectivity index (χ4v) is 3.99. The molecule has 3 unspecified atom stereocenters. The maximum atomic E-state index is 4.74. The molecule has 3 atom stereocenters. The summed E-state index contributed by atoms with van der Waals surface area (Å²) in [6, 6.07) is 11.1. The smallest absolute Gasteiger partial charge is 0.0654 e. The van der Waals surface area contributed by atoms with E-state index in [0.717, 1.165) is 5.92 Å². The third-order valence-electron chi connectivity index (χ3n) is 5.18. The topological polar surface area (TPSA) is 24.9 Å². The van der Waals surface area contributed by atoms with Gasteiger partial charge in [-0.1, -0.05) is 50.5 Å². The minimum atomic E-state index is 0.380. The average molecular weight is 282 g/mol. The lowest BCUT2D eigenvalue weighted by Gasteiger charge is -2.34. The van der Waals surface area contributed by atoms with Crippen molar-refractivity contribution in [1.29, 1.82) is 0 Å². The van der Waals surface area contributed by atoms with Crippen molar-refractivity contribution < 1.29 is 0 Å². The zero-order chi connectivity index (χ0) is 14.7. The summed E-state index contributed by atoms with van der Waals surface area (Å²) in [4.78, 5) is 4.74. The lowest BCUT2D eigenvalue weighted by atomic mass is 9.75. The van der Waals surface area contributed by atoms with Gasteiger partial charge in [0.05, 0.1) is 11.7 Å². The molecule has 112 valence electrons. The Morgan fingerprint density at radius 2 is 2.10 bits per heavy atom. The van der Waals surface area contributed by atoms with E-state index in [-0.39, 0.29) is 0 Å². The molecule has 1 aliphatic carbocycles. The summed E-state index contributed by atoms with van der Waals surface area (Å²) in [5.41, 5.74) is 1.23. The van der Waals surface area contributed by atoms with E-state index in [0.29, 0.717) is 12.0 Å². The molecule has 0 amide bonds. The van der Waals surface area contributed by atoms with Crippen LogP contribution in [0.25, 0.3) is 10.8 Å². The van der Waals surface area contributed by atoms with Crippen LogP contribution in [0.1, 0.15) is 50.8 Å². The molecule has 1 fully saturated rings. The summed E-state index contributed by atoms with van der Waals surface area (Å²) in [6.07, 6.45) is 8.72. The summed E-state index contributed by atoms with van der Waals surface area (Å²) >= 11 is 0. The van der Waals surface area contributed by atoms with Gasteiger partial charge < -0.3 is 5.32 Å². The van der Waals surface area contributed by atoms with Gasteiger partial charge in [0.1, 0.15) is 0 Å². The normalized spacial score (nSPS) is 24.1. The molecule has 1 heterocycles. The van der Waals surface area contributed by atoms with Gasteiger partial charge in [-0.2, -0.15) is 0 Å². The molecule has 0 aliphatic heterocycles. The molecule has 1 saturated carbocycles. The number of pyridine rings is 1. The van der Waals surface area contributed by atoms with E-state index in [1.807, 2.05) is 6.20 Å². The zero-order valence-electron chi connectivity index (χ0n) is 13.2. The van der Waals surface area contributed by atoms with E-state index in [1.165, 1.54) is 48.6 Å². The number of hydrogen-bond acceptors (Lipinski definition) is 2. The fraction of sp³-hybridized carbons (Fsp3) is 0.526. The van der Waals surface area contributed by atoms with Gasteiger partial charge in [-0.25, -0.2) is 0 Å². The van der Waals surface area contributed by atoms with Crippen LogP contribution in [-0.2, 0) is 0 Å². The lowest BCUT2D eigenvalue weighted by molar-refractivity contribution is 0.213. The molecule has 2 aromatic rings. The number of hydrogen-bond donors (Lipinski definition) is 1. The van der Waals surface area contributed by atoms with E-state index >= 15 is 0 Å². The van der Waals surface area contributed by atoms with Gasteiger partial charge in [-0.3, -0.25) is 4.98 Å². The summed E-state index contributed by atoms with van der Waals surface area (Å²) in [6.45, 7) is 2.33. The molecule has 21 heavy (non-hydrogen) atoms. The Bertz CT molecular complexity index is 588. The standard InChI is InChI=1S/C19H26N2/c1-3-14-7-6-9-16(13-14)18(20-2)19-17-10-5-4-8-15(17)11-12-21-19/h4-5,8,10-12,14,16,18,20H,3,6-7,9,13H2,1-2H3. The molecule has 1 aromatic carbocycles. The molecule has 0 spiro atoms. The molecule has 1 N–H and O–H groups in total. The summed E-state index contributed by atoms with van der Waals surface area (Å²) in [7, 11) is 2.09. The molecular weight excluding hydrogens is 256 g/mol. The van der Waals surface area contributed by atoms with Crippen LogP contribution in [0.15, 0.2) is 36.5 Å². The predicted molar refractivity (Wildman–Crippen MR) is 89.3 cm³/mol. The van der Waals surface area contributed by atoms with Crippen LogP contribution in [0.5, 0.6) is 0 Å². The Hall–Kier alpha value is -1.41. The first-order valence-corrected chi connectivity index (χ1v) is 8.34. The number of benzene rings is 1. The minimum absolute atomic E-state index is 0.380. The number of aromatic nitrogens is 1. The Morgan fingerprint density at radius 1 is 1.24 bits per heavy atom. The predicted octanol–water partition coefficient (Wildman–Crippen LogP) is 4.71. The van der Waals surface area contributed by atoms with E-state index in [4.69, 9.17) is 4.98 Å². The lowest BCUT2D eigenvalue weighted by Crippen LogP contribution is -2.30. The van der Waals surface area contributed by atoms with Gasteiger partial charge in [-0.15, -0.1) is 0 Å². The van der Waals surface area contributed by atoms with Crippen molar-refractivity contribution in [2.45, 2.75) is 45.1 Å². The molecular formula is C19H26N2. The van der Waals surface area contributed by atoms with Crippen LogP contribution >= 0.6 is 0 Å². The molecule has 1 aliphatic rings. The summed E-state index contributed by atoms with van der Waals surface area (Å²) in [5, 5.41) is 6.16. The van der Waals surface area contributed by atoms with E-state index in [9.17, 15) is 0 Å². The molecule has 1 aromatic heterocycles. The van der Waals surface area contributed by atoms with Crippen molar-refractivity contribution in [3.05, 3.63) is 42.2 Å². The van der Waals surface area contributed by atoms with E-state index in [1.54, 1.807) is 0 Å². The Morgan fingerprint density at radius 3 is 2.90 bits per heavy atom. The molecule has 0 saturated heterocycles. The third kappa shape index (κ3) is 2.96. The van der Waals surface area contributed by atoms with Crippen LogP contribution < -0.4 is 5.32 Å². The third-order valence-corrected chi connectivity index (χ3v) is 5.18. The highest BCUT2D eigenvalue weighted by Crippen LogP contribution is 2.39. The maximum absolute atomic E-state index is 4.74. The van der Waals surface area contributed by atoms with Gasteiger partial charge in [-0.05, 0) is 43.2 Å². The van der Waals surface area contributed by atoms with Crippen LogP contribution in [0.2, 0.25) is 0 Å². The Kier molecular flexibility index (Phi) is 4.54. The second kappa shape index (κ2) is 6.57. The van der Waals surface area contributed by atoms with Crippen LogP contribution in [0.4, 0.5) is 0 Å². The van der Waals surface area contributed by atoms with Crippen LogP contribution in [-0.4, -0.2) is 12.0 Å². The van der Waals surface area contributed by atoms with Crippen molar-refractivity contribution in [3.8, 4) is 0 Å². The summed E-state index contributed by atoms with van der Waals surface area (Å²) < 4.78 is 0. The van der Waals surface area contributed by atoms with Crippen LogP contribution in [0.3, 0.4) is 0 Å². The molecule has 3 rings (SSSR count). The van der Waals surface area contributed by atoms with Crippen molar-refractivity contribution >= 4 is 10.8 Å². The van der Waals surface area contributed by atoms with Crippen molar-refractivity contribution in [1.82, 2.24) is 10.3 Å². The van der Waals surface area contributed by atoms with Gasteiger partial charge in [0.25, 0.3) is 0 Å². The van der Waals surface area contributed by atoms with Gasteiger partial charge in [0.15, 0.2) is 0 Å². The molecule has 0 radical (unpaired) electrons. The van der Waals surface area contributed by atoms with Crippen molar-refractivity contribution in [2.24, 2.45) is 11.8 Å². The Labute approximate surface area is 128 Å². The van der Waals surface area contributed by atoms with E-state index < -0.39 is 0 Å². The second-order valence-corrected chi connectivity index (χ2v) is 6.38. The monoisotopic (exact) mass is 282 g/mol. The quantitative estimate of drug-likeness (QED) is 0.878. The average Bonchev–Trinajstić information content (AvgIpc) is 2.56. The summed E-state index contributed by atoms with van der Waals surface area (Å²) in [5.74, 6) is 1.61. The fourth-order valence-electron chi connectivity index (χ4n) is 3.99. The highest BCUT2D eigenvalue weighted by atomic mass is 14.9. The molecule has 2 heteroatoms. The largest absolute Gasteiger partial charge is 0.311 e. The van der Waals surface area contributed by atoms with Crippen molar-refractivity contribution in [3.63, 3.8) is 0 Å².